The molecule has 1 aromatic heterocycles. The van der Waals surface area contributed by atoms with Crippen molar-refractivity contribution in [2.24, 2.45) is 11.3 Å². The van der Waals surface area contributed by atoms with Crippen molar-refractivity contribution in [3.8, 4) is 0 Å². The van der Waals surface area contributed by atoms with Crippen molar-refractivity contribution in [3.63, 3.8) is 0 Å². The van der Waals surface area contributed by atoms with Crippen molar-refractivity contribution < 1.29 is 0 Å². The van der Waals surface area contributed by atoms with E-state index in [4.69, 9.17) is 11.6 Å². The zero-order valence-corrected chi connectivity index (χ0v) is 11.7. The SMILES string of the molecule is Cc1nc(Cl)c(C)c(NCC2(C(C)C)CC2)n1. The second-order valence-electron chi connectivity index (χ2n) is 5.41. The van der Waals surface area contributed by atoms with Crippen LogP contribution in [0.1, 0.15) is 38.1 Å². The molecule has 0 aromatic carbocycles. The Labute approximate surface area is 108 Å². The molecule has 0 saturated heterocycles. The highest BCUT2D eigenvalue weighted by Gasteiger charge is 2.45. The van der Waals surface area contributed by atoms with Gasteiger partial charge in [0.25, 0.3) is 0 Å². The summed E-state index contributed by atoms with van der Waals surface area (Å²) in [6.07, 6.45) is 2.63. The monoisotopic (exact) mass is 253 g/mol. The zero-order valence-electron chi connectivity index (χ0n) is 11.0. The van der Waals surface area contributed by atoms with Crippen LogP contribution in [0, 0.1) is 25.2 Å². The molecule has 0 radical (unpaired) electrons. The first-order valence-corrected chi connectivity index (χ1v) is 6.57. The van der Waals surface area contributed by atoms with Crippen molar-refractivity contribution >= 4 is 17.4 Å². The Bertz CT molecular complexity index is 425. The number of hydrogen-bond acceptors (Lipinski definition) is 3. The summed E-state index contributed by atoms with van der Waals surface area (Å²) < 4.78 is 0. The number of aromatic nitrogens is 2. The van der Waals surface area contributed by atoms with Crippen molar-refractivity contribution in [1.29, 1.82) is 0 Å². The minimum atomic E-state index is 0.470. The van der Waals surface area contributed by atoms with Gasteiger partial charge >= 0.3 is 0 Å². The van der Waals surface area contributed by atoms with Gasteiger partial charge in [-0.05, 0) is 38.0 Å². The number of hydrogen-bond donors (Lipinski definition) is 1. The Morgan fingerprint density at radius 2 is 1.94 bits per heavy atom. The second kappa shape index (κ2) is 4.45. The molecule has 0 spiro atoms. The van der Waals surface area contributed by atoms with Crippen LogP contribution in [0.25, 0.3) is 0 Å². The molecule has 0 atom stereocenters. The van der Waals surface area contributed by atoms with Gasteiger partial charge in [0.05, 0.1) is 0 Å². The molecule has 4 heteroatoms. The van der Waals surface area contributed by atoms with E-state index in [0.29, 0.717) is 16.5 Å². The minimum Gasteiger partial charge on any atom is -0.369 e. The average Bonchev–Trinajstić information content (AvgIpc) is 3.02. The van der Waals surface area contributed by atoms with Gasteiger partial charge in [0.1, 0.15) is 16.8 Å². The van der Waals surface area contributed by atoms with E-state index in [1.54, 1.807) is 0 Å². The third-order valence-corrected chi connectivity index (χ3v) is 4.29. The van der Waals surface area contributed by atoms with Gasteiger partial charge in [0.15, 0.2) is 0 Å². The molecule has 0 unspecified atom stereocenters. The molecule has 3 nitrogen and oxygen atoms in total. The molecule has 1 N–H and O–H groups in total. The maximum atomic E-state index is 6.06. The molecule has 1 saturated carbocycles. The van der Waals surface area contributed by atoms with Crippen molar-refractivity contribution in [1.82, 2.24) is 9.97 Å². The van der Waals surface area contributed by atoms with Crippen LogP contribution in [-0.4, -0.2) is 16.5 Å². The molecule has 2 rings (SSSR count). The third kappa shape index (κ3) is 2.54. The van der Waals surface area contributed by atoms with Crippen LogP contribution in [0.3, 0.4) is 0 Å². The number of nitrogens with zero attached hydrogens (tertiary/aromatic N) is 2. The molecule has 0 aliphatic heterocycles. The maximum Gasteiger partial charge on any atom is 0.137 e. The lowest BCUT2D eigenvalue weighted by atomic mass is 9.92. The smallest absolute Gasteiger partial charge is 0.137 e. The summed E-state index contributed by atoms with van der Waals surface area (Å²) in [5.74, 6) is 2.32. The summed E-state index contributed by atoms with van der Waals surface area (Å²) in [6.45, 7) is 9.39. The largest absolute Gasteiger partial charge is 0.369 e. The second-order valence-corrected chi connectivity index (χ2v) is 5.76. The summed E-state index contributed by atoms with van der Waals surface area (Å²) in [4.78, 5) is 8.56. The fraction of sp³-hybridized carbons (Fsp3) is 0.692. The predicted octanol–water partition coefficient (Wildman–Crippen LogP) is 3.59. The van der Waals surface area contributed by atoms with Gasteiger partial charge in [-0.15, -0.1) is 0 Å². The molecule has 1 heterocycles. The molecule has 1 aromatic rings. The number of nitrogens with one attached hydrogen (secondary N) is 1. The van der Waals surface area contributed by atoms with Crippen molar-refractivity contribution in [2.75, 3.05) is 11.9 Å². The van der Waals surface area contributed by atoms with Gasteiger partial charge in [-0.3, -0.25) is 0 Å². The van der Waals surface area contributed by atoms with E-state index >= 15 is 0 Å². The van der Waals surface area contributed by atoms with E-state index in [1.807, 2.05) is 13.8 Å². The molecule has 94 valence electrons. The van der Waals surface area contributed by atoms with E-state index in [-0.39, 0.29) is 0 Å². The zero-order chi connectivity index (χ0) is 12.6. The predicted molar refractivity (Wildman–Crippen MR) is 71.5 cm³/mol. The Morgan fingerprint density at radius 3 is 2.47 bits per heavy atom. The summed E-state index contributed by atoms with van der Waals surface area (Å²) in [5, 5.41) is 3.99. The quantitative estimate of drug-likeness (QED) is 0.834. The first-order valence-electron chi connectivity index (χ1n) is 6.19. The molecule has 17 heavy (non-hydrogen) atoms. The van der Waals surface area contributed by atoms with Crippen LogP contribution < -0.4 is 5.32 Å². The lowest BCUT2D eigenvalue weighted by molar-refractivity contribution is 0.379. The van der Waals surface area contributed by atoms with E-state index in [2.05, 4.69) is 29.1 Å². The highest BCUT2D eigenvalue weighted by atomic mass is 35.5. The summed E-state index contributed by atoms with van der Waals surface area (Å²) >= 11 is 6.06. The van der Waals surface area contributed by atoms with Gasteiger partial charge in [-0.1, -0.05) is 25.4 Å². The normalized spacial score (nSPS) is 17.3. The number of aryl methyl sites for hydroxylation is 1. The highest BCUT2D eigenvalue weighted by Crippen LogP contribution is 2.51. The highest BCUT2D eigenvalue weighted by molar-refractivity contribution is 6.30. The first-order chi connectivity index (χ1) is 7.94. The van der Waals surface area contributed by atoms with Gasteiger partial charge in [-0.25, -0.2) is 9.97 Å². The Balaban J connectivity index is 2.09. The number of halogens is 1. The van der Waals surface area contributed by atoms with Gasteiger partial charge in [0, 0.05) is 12.1 Å². The Kier molecular flexibility index (Phi) is 3.30. The van der Waals surface area contributed by atoms with Crippen LogP contribution in [0.15, 0.2) is 0 Å². The summed E-state index contributed by atoms with van der Waals surface area (Å²) in [5.41, 5.74) is 1.41. The third-order valence-electron chi connectivity index (χ3n) is 3.92. The standard InChI is InChI=1S/C13H20ClN3/c1-8(2)13(5-6-13)7-15-12-9(3)11(14)16-10(4)17-12/h8H,5-7H2,1-4H3,(H,15,16,17). The van der Waals surface area contributed by atoms with Gasteiger partial charge < -0.3 is 5.32 Å². The van der Waals surface area contributed by atoms with E-state index in [1.165, 1.54) is 12.8 Å². The van der Waals surface area contributed by atoms with Crippen LogP contribution in [-0.2, 0) is 0 Å². The van der Waals surface area contributed by atoms with Crippen molar-refractivity contribution in [3.05, 3.63) is 16.5 Å². The lowest BCUT2D eigenvalue weighted by Crippen LogP contribution is -2.22. The van der Waals surface area contributed by atoms with Crippen LogP contribution >= 0.6 is 11.6 Å². The van der Waals surface area contributed by atoms with Crippen LogP contribution in [0.4, 0.5) is 5.82 Å². The van der Waals surface area contributed by atoms with Gasteiger partial charge in [0.2, 0.25) is 0 Å². The molecular formula is C13H20ClN3. The molecule has 0 bridgehead atoms. The molecule has 1 aliphatic rings. The Hall–Kier alpha value is -0.830. The lowest BCUT2D eigenvalue weighted by Gasteiger charge is -2.21. The Morgan fingerprint density at radius 1 is 1.29 bits per heavy atom. The van der Waals surface area contributed by atoms with Crippen LogP contribution in [0.2, 0.25) is 5.15 Å². The molecular weight excluding hydrogens is 234 g/mol. The average molecular weight is 254 g/mol. The van der Waals surface area contributed by atoms with E-state index < -0.39 is 0 Å². The first kappa shape index (κ1) is 12.6. The number of rotatable bonds is 4. The van der Waals surface area contributed by atoms with Crippen LogP contribution in [0.5, 0.6) is 0 Å². The maximum absolute atomic E-state index is 6.06. The molecule has 0 amide bonds. The minimum absolute atomic E-state index is 0.470. The fourth-order valence-electron chi connectivity index (χ4n) is 2.14. The molecule has 1 aliphatic carbocycles. The topological polar surface area (TPSA) is 37.8 Å². The fourth-order valence-corrected chi connectivity index (χ4v) is 2.36. The van der Waals surface area contributed by atoms with E-state index in [9.17, 15) is 0 Å². The van der Waals surface area contributed by atoms with Crippen molar-refractivity contribution in [2.45, 2.75) is 40.5 Å². The number of anilines is 1. The summed E-state index contributed by atoms with van der Waals surface area (Å²) in [6, 6.07) is 0. The summed E-state index contributed by atoms with van der Waals surface area (Å²) in [7, 11) is 0. The van der Waals surface area contributed by atoms with E-state index in [0.717, 1.165) is 23.8 Å². The van der Waals surface area contributed by atoms with Gasteiger partial charge in [-0.2, -0.15) is 0 Å². The molecule has 1 fully saturated rings.